The van der Waals surface area contributed by atoms with E-state index in [9.17, 15) is 4.79 Å². The molecule has 2 rings (SSSR count). The Bertz CT molecular complexity index is 422. The summed E-state index contributed by atoms with van der Waals surface area (Å²) in [4.78, 5) is 18.2. The van der Waals surface area contributed by atoms with Gasteiger partial charge in [-0.1, -0.05) is 0 Å². The zero-order valence-corrected chi connectivity index (χ0v) is 11.1. The lowest BCUT2D eigenvalue weighted by atomic mass is 9.94. The largest absolute Gasteiger partial charge is 0.465 e. The molecule has 0 unspecified atom stereocenters. The van der Waals surface area contributed by atoms with E-state index in [1.54, 1.807) is 20.8 Å². The molecule has 1 aliphatic heterocycles. The Hall–Kier alpha value is -1.59. The molecule has 0 aromatic carbocycles. The average molecular weight is 253 g/mol. The third-order valence-electron chi connectivity index (χ3n) is 3.12. The number of carbonyl (C=O) groups excluding carboxylic acids is 1. The van der Waals surface area contributed by atoms with E-state index in [1.807, 2.05) is 0 Å². The van der Waals surface area contributed by atoms with E-state index in [0.717, 1.165) is 25.9 Å². The van der Waals surface area contributed by atoms with E-state index in [4.69, 9.17) is 9.26 Å². The molecule has 1 aliphatic rings. The normalized spacial score (nSPS) is 16.1. The molecule has 2 heterocycles. The van der Waals surface area contributed by atoms with Crippen LogP contribution in [0.15, 0.2) is 4.52 Å². The number of hydrogen-bond acceptors (Lipinski definition) is 6. The number of rotatable bonds is 4. The van der Waals surface area contributed by atoms with Gasteiger partial charge in [-0.3, -0.25) is 4.79 Å². The lowest BCUT2D eigenvalue weighted by Crippen LogP contribution is -2.31. The maximum absolute atomic E-state index is 11.8. The van der Waals surface area contributed by atoms with E-state index in [0.29, 0.717) is 18.4 Å². The van der Waals surface area contributed by atoms with Crippen molar-refractivity contribution in [3.63, 3.8) is 0 Å². The lowest BCUT2D eigenvalue weighted by molar-refractivity contribution is -0.149. The highest BCUT2D eigenvalue weighted by Crippen LogP contribution is 2.26. The first-order valence-electron chi connectivity index (χ1n) is 6.32. The molecule has 1 aromatic heterocycles. The molecule has 0 radical (unpaired) electrons. The molecule has 6 nitrogen and oxygen atoms in total. The fourth-order valence-corrected chi connectivity index (χ4v) is 1.91. The van der Waals surface area contributed by atoms with Crippen molar-refractivity contribution in [2.75, 3.05) is 24.6 Å². The summed E-state index contributed by atoms with van der Waals surface area (Å²) in [6.45, 7) is 7.46. The molecule has 0 saturated carbocycles. The zero-order valence-electron chi connectivity index (χ0n) is 11.1. The van der Waals surface area contributed by atoms with Crippen LogP contribution in [0.2, 0.25) is 0 Å². The topological polar surface area (TPSA) is 68.5 Å². The second kappa shape index (κ2) is 4.96. The minimum Gasteiger partial charge on any atom is -0.465 e. The van der Waals surface area contributed by atoms with Crippen molar-refractivity contribution >= 4 is 11.9 Å². The predicted molar refractivity (Wildman–Crippen MR) is 65.4 cm³/mol. The molecule has 18 heavy (non-hydrogen) atoms. The Balaban J connectivity index is 2.15. The SMILES string of the molecule is CCOC(=O)C(C)(C)c1nc(N2CCCC2)no1. The monoisotopic (exact) mass is 253 g/mol. The Kier molecular flexibility index (Phi) is 3.54. The molecule has 6 heteroatoms. The second-order valence-electron chi connectivity index (χ2n) is 4.94. The van der Waals surface area contributed by atoms with Crippen LogP contribution in [-0.2, 0) is 14.9 Å². The van der Waals surface area contributed by atoms with Gasteiger partial charge in [-0.25, -0.2) is 0 Å². The number of nitrogens with zero attached hydrogens (tertiary/aromatic N) is 3. The van der Waals surface area contributed by atoms with Crippen LogP contribution in [0.25, 0.3) is 0 Å². The first-order chi connectivity index (χ1) is 8.55. The van der Waals surface area contributed by atoms with Gasteiger partial charge in [-0.15, -0.1) is 0 Å². The number of aromatic nitrogens is 2. The quantitative estimate of drug-likeness (QED) is 0.758. The first-order valence-corrected chi connectivity index (χ1v) is 6.32. The summed E-state index contributed by atoms with van der Waals surface area (Å²) in [5.74, 6) is 0.532. The van der Waals surface area contributed by atoms with Gasteiger partial charge in [-0.05, 0) is 38.8 Å². The molecule has 0 N–H and O–H groups in total. The summed E-state index contributed by atoms with van der Waals surface area (Å²) in [6, 6.07) is 0. The molecule has 0 bridgehead atoms. The summed E-state index contributed by atoms with van der Waals surface area (Å²) in [5, 5.41) is 3.94. The van der Waals surface area contributed by atoms with Crippen LogP contribution >= 0.6 is 0 Å². The number of carbonyl (C=O) groups is 1. The maximum atomic E-state index is 11.8. The van der Waals surface area contributed by atoms with Crippen LogP contribution in [0.5, 0.6) is 0 Å². The van der Waals surface area contributed by atoms with Crippen LogP contribution in [0.4, 0.5) is 5.95 Å². The van der Waals surface area contributed by atoms with Gasteiger partial charge in [0.05, 0.1) is 6.61 Å². The predicted octanol–water partition coefficient (Wildman–Crippen LogP) is 1.51. The summed E-state index contributed by atoms with van der Waals surface area (Å²) >= 11 is 0. The Morgan fingerprint density at radius 2 is 2.11 bits per heavy atom. The summed E-state index contributed by atoms with van der Waals surface area (Å²) in [6.07, 6.45) is 2.29. The highest BCUT2D eigenvalue weighted by Gasteiger charge is 2.38. The van der Waals surface area contributed by atoms with Crippen LogP contribution in [0, 0.1) is 0 Å². The van der Waals surface area contributed by atoms with Gasteiger partial charge in [0.15, 0.2) is 0 Å². The third kappa shape index (κ3) is 2.32. The molecular formula is C12H19N3O3. The fourth-order valence-electron chi connectivity index (χ4n) is 1.91. The van der Waals surface area contributed by atoms with E-state index in [1.165, 1.54) is 0 Å². The summed E-state index contributed by atoms with van der Waals surface area (Å²) in [5.41, 5.74) is -0.902. The van der Waals surface area contributed by atoms with Crippen LogP contribution in [0.3, 0.4) is 0 Å². The molecule has 0 spiro atoms. The van der Waals surface area contributed by atoms with E-state index in [-0.39, 0.29) is 5.97 Å². The minimum absolute atomic E-state index is 0.308. The van der Waals surface area contributed by atoms with Gasteiger partial charge < -0.3 is 14.2 Å². The molecule has 0 atom stereocenters. The Morgan fingerprint density at radius 3 is 2.72 bits per heavy atom. The van der Waals surface area contributed by atoms with Crippen molar-refractivity contribution < 1.29 is 14.1 Å². The first kappa shape index (κ1) is 12.9. The van der Waals surface area contributed by atoms with Crippen molar-refractivity contribution in [3.05, 3.63) is 5.89 Å². The van der Waals surface area contributed by atoms with E-state index in [2.05, 4.69) is 15.0 Å². The number of esters is 1. The summed E-state index contributed by atoms with van der Waals surface area (Å²) in [7, 11) is 0. The van der Waals surface area contributed by atoms with Gasteiger partial charge in [0.2, 0.25) is 5.89 Å². The maximum Gasteiger partial charge on any atom is 0.321 e. The van der Waals surface area contributed by atoms with Gasteiger partial charge >= 0.3 is 5.97 Å². The summed E-state index contributed by atoms with van der Waals surface area (Å²) < 4.78 is 10.2. The Morgan fingerprint density at radius 1 is 1.44 bits per heavy atom. The van der Waals surface area contributed by atoms with Gasteiger partial charge in [-0.2, -0.15) is 4.98 Å². The van der Waals surface area contributed by atoms with Crippen molar-refractivity contribution in [2.24, 2.45) is 0 Å². The van der Waals surface area contributed by atoms with Crippen molar-refractivity contribution in [3.8, 4) is 0 Å². The number of anilines is 1. The van der Waals surface area contributed by atoms with E-state index < -0.39 is 5.41 Å². The van der Waals surface area contributed by atoms with E-state index >= 15 is 0 Å². The molecule has 0 aliphatic carbocycles. The second-order valence-corrected chi connectivity index (χ2v) is 4.94. The van der Waals surface area contributed by atoms with Gasteiger partial charge in [0.1, 0.15) is 5.41 Å². The number of hydrogen-bond donors (Lipinski definition) is 0. The Labute approximate surface area is 106 Å². The lowest BCUT2D eigenvalue weighted by Gasteiger charge is -2.17. The highest BCUT2D eigenvalue weighted by atomic mass is 16.5. The average Bonchev–Trinajstić information content (AvgIpc) is 3.00. The highest BCUT2D eigenvalue weighted by molar-refractivity contribution is 5.80. The molecule has 1 aromatic rings. The molecule has 1 fully saturated rings. The molecule has 0 amide bonds. The van der Waals surface area contributed by atoms with Crippen LogP contribution in [-0.4, -0.2) is 35.8 Å². The van der Waals surface area contributed by atoms with Crippen molar-refractivity contribution in [1.29, 1.82) is 0 Å². The van der Waals surface area contributed by atoms with Crippen molar-refractivity contribution in [2.45, 2.75) is 39.0 Å². The van der Waals surface area contributed by atoms with Gasteiger partial charge in [0.25, 0.3) is 5.95 Å². The third-order valence-corrected chi connectivity index (χ3v) is 3.12. The molecule has 100 valence electrons. The molecular weight excluding hydrogens is 234 g/mol. The smallest absolute Gasteiger partial charge is 0.321 e. The van der Waals surface area contributed by atoms with Gasteiger partial charge in [0, 0.05) is 13.1 Å². The minimum atomic E-state index is -0.902. The van der Waals surface area contributed by atoms with Crippen LogP contribution in [0.1, 0.15) is 39.5 Å². The fraction of sp³-hybridized carbons (Fsp3) is 0.750. The number of ether oxygens (including phenoxy) is 1. The molecule has 1 saturated heterocycles. The standard InChI is InChI=1S/C12H19N3O3/c1-4-17-10(16)12(2,3)9-13-11(14-18-9)15-7-5-6-8-15/h4-8H2,1-3H3. The zero-order chi connectivity index (χ0) is 13.2. The van der Waals surface area contributed by atoms with Crippen LogP contribution < -0.4 is 4.90 Å². The van der Waals surface area contributed by atoms with Crippen molar-refractivity contribution in [1.82, 2.24) is 10.1 Å².